The van der Waals surface area contributed by atoms with Crippen LogP contribution in [-0.2, 0) is 11.0 Å². The van der Waals surface area contributed by atoms with Gasteiger partial charge >= 0.3 is 6.18 Å². The van der Waals surface area contributed by atoms with Crippen LogP contribution in [0.25, 0.3) is 0 Å². The van der Waals surface area contributed by atoms with E-state index in [1.165, 1.54) is 38.0 Å². The average molecular weight is 344 g/mol. The van der Waals surface area contributed by atoms with E-state index in [0.29, 0.717) is 12.6 Å². The van der Waals surface area contributed by atoms with Crippen LogP contribution in [0.2, 0.25) is 0 Å². The highest BCUT2D eigenvalue weighted by Crippen LogP contribution is 2.36. The molecule has 0 radical (unpaired) electrons. The fourth-order valence-corrected chi connectivity index (χ4v) is 2.43. The first-order chi connectivity index (χ1) is 11.2. The summed E-state index contributed by atoms with van der Waals surface area (Å²) in [5, 5.41) is 2.74. The summed E-state index contributed by atoms with van der Waals surface area (Å²) in [5.74, 6) is -0.765. The van der Waals surface area contributed by atoms with E-state index in [-0.39, 0.29) is 11.8 Å². The minimum atomic E-state index is -4.52. The molecule has 134 valence electrons. The van der Waals surface area contributed by atoms with Gasteiger partial charge in [-0.3, -0.25) is 9.69 Å². The van der Waals surface area contributed by atoms with Gasteiger partial charge in [-0.1, -0.05) is 12.1 Å². The van der Waals surface area contributed by atoms with Crippen LogP contribution in [0.3, 0.4) is 0 Å². The van der Waals surface area contributed by atoms with Crippen molar-refractivity contribution in [1.82, 2.24) is 10.2 Å². The molecule has 1 saturated carbocycles. The fourth-order valence-electron chi connectivity index (χ4n) is 2.43. The maximum atomic E-state index is 12.9. The van der Waals surface area contributed by atoms with Gasteiger partial charge in [0, 0.05) is 18.6 Å². The quantitative estimate of drug-likeness (QED) is 0.827. The van der Waals surface area contributed by atoms with Crippen molar-refractivity contribution in [2.75, 3.05) is 13.6 Å². The number of nitrogens with zero attached hydrogens (tertiary/aromatic N) is 1. The Bertz CT molecular complexity index is 573. The Labute approximate surface area is 140 Å². The number of likely N-dealkylation sites (N-methyl/N-ethyl adjacent to an activating group) is 1. The minimum absolute atomic E-state index is 0.163. The molecule has 1 aromatic rings. The van der Waals surface area contributed by atoms with Crippen molar-refractivity contribution in [2.45, 2.75) is 51.1 Å². The zero-order chi connectivity index (χ0) is 17.9. The predicted octanol–water partition coefficient (Wildman–Crippen LogP) is 3.07. The van der Waals surface area contributed by atoms with Gasteiger partial charge in [-0.2, -0.15) is 13.2 Å². The molecule has 7 heteroatoms. The molecular formula is C17H23F3N2O2. The first-order valence-electron chi connectivity index (χ1n) is 8.02. The van der Waals surface area contributed by atoms with Crippen molar-refractivity contribution in [3.63, 3.8) is 0 Å². The minimum Gasteiger partial charge on any atom is -0.480 e. The first-order valence-corrected chi connectivity index (χ1v) is 8.02. The van der Waals surface area contributed by atoms with Crippen molar-refractivity contribution in [3.8, 4) is 5.75 Å². The van der Waals surface area contributed by atoms with Crippen LogP contribution in [0.5, 0.6) is 5.75 Å². The Morgan fingerprint density at radius 3 is 2.54 bits per heavy atom. The van der Waals surface area contributed by atoms with Crippen molar-refractivity contribution in [3.05, 3.63) is 29.8 Å². The highest BCUT2D eigenvalue weighted by Gasteiger charge is 2.35. The second-order valence-electron chi connectivity index (χ2n) is 6.24. The maximum absolute atomic E-state index is 12.9. The van der Waals surface area contributed by atoms with Crippen LogP contribution >= 0.6 is 0 Å². The molecule has 2 unspecified atom stereocenters. The number of para-hydroxylation sites is 1. The molecular weight excluding hydrogens is 321 g/mol. The number of ether oxygens (including phenoxy) is 1. The van der Waals surface area contributed by atoms with Crippen LogP contribution in [0.15, 0.2) is 24.3 Å². The Morgan fingerprint density at radius 2 is 1.96 bits per heavy atom. The molecule has 1 aliphatic carbocycles. The zero-order valence-corrected chi connectivity index (χ0v) is 14.1. The monoisotopic (exact) mass is 344 g/mol. The molecule has 2 rings (SSSR count). The molecule has 1 amide bonds. The van der Waals surface area contributed by atoms with Gasteiger partial charge in [0.1, 0.15) is 5.75 Å². The lowest BCUT2D eigenvalue weighted by Crippen LogP contribution is -2.44. The largest absolute Gasteiger partial charge is 0.480 e. The van der Waals surface area contributed by atoms with E-state index in [9.17, 15) is 18.0 Å². The molecule has 24 heavy (non-hydrogen) atoms. The lowest BCUT2D eigenvalue weighted by atomic mass is 10.2. The summed E-state index contributed by atoms with van der Waals surface area (Å²) in [5.41, 5.74) is -0.883. The van der Waals surface area contributed by atoms with E-state index in [1.54, 1.807) is 0 Å². The second kappa shape index (κ2) is 7.42. The van der Waals surface area contributed by atoms with E-state index in [4.69, 9.17) is 4.74 Å². The van der Waals surface area contributed by atoms with Gasteiger partial charge in [-0.05, 0) is 45.9 Å². The van der Waals surface area contributed by atoms with Gasteiger partial charge in [-0.15, -0.1) is 0 Å². The molecule has 1 aliphatic rings. The molecule has 4 nitrogen and oxygen atoms in total. The summed E-state index contributed by atoms with van der Waals surface area (Å²) in [6, 6.07) is 5.63. The number of carbonyl (C=O) groups excluding carboxylic acids is 1. The number of halogens is 3. The van der Waals surface area contributed by atoms with Gasteiger partial charge in [0.05, 0.1) is 5.56 Å². The van der Waals surface area contributed by atoms with E-state index >= 15 is 0 Å². The molecule has 0 bridgehead atoms. The van der Waals surface area contributed by atoms with Crippen LogP contribution in [-0.4, -0.2) is 42.6 Å². The van der Waals surface area contributed by atoms with Gasteiger partial charge in [0.15, 0.2) is 6.10 Å². The molecule has 0 aliphatic heterocycles. The molecule has 1 fully saturated rings. The average Bonchev–Trinajstić information content (AvgIpc) is 3.35. The Morgan fingerprint density at radius 1 is 1.33 bits per heavy atom. The summed E-state index contributed by atoms with van der Waals surface area (Å²) < 4.78 is 44.1. The zero-order valence-electron chi connectivity index (χ0n) is 14.1. The van der Waals surface area contributed by atoms with E-state index in [2.05, 4.69) is 10.2 Å². The first kappa shape index (κ1) is 18.6. The third-order valence-corrected chi connectivity index (χ3v) is 4.26. The molecule has 0 saturated heterocycles. The smallest absolute Gasteiger partial charge is 0.419 e. The normalized spacial score (nSPS) is 17.5. The van der Waals surface area contributed by atoms with Gasteiger partial charge in [-0.25, -0.2) is 0 Å². The Balaban J connectivity index is 1.90. The molecule has 2 atom stereocenters. The molecule has 0 spiro atoms. The van der Waals surface area contributed by atoms with Gasteiger partial charge in [0.2, 0.25) is 0 Å². The van der Waals surface area contributed by atoms with Crippen LogP contribution < -0.4 is 10.1 Å². The topological polar surface area (TPSA) is 41.6 Å². The second-order valence-corrected chi connectivity index (χ2v) is 6.24. The van der Waals surface area contributed by atoms with Gasteiger partial charge in [0.25, 0.3) is 5.91 Å². The van der Waals surface area contributed by atoms with E-state index in [1.807, 2.05) is 14.0 Å². The van der Waals surface area contributed by atoms with Crippen molar-refractivity contribution < 1.29 is 22.7 Å². The number of hydrogen-bond acceptors (Lipinski definition) is 3. The number of benzene rings is 1. The third kappa shape index (κ3) is 4.87. The molecule has 0 heterocycles. The van der Waals surface area contributed by atoms with Crippen LogP contribution in [0.4, 0.5) is 13.2 Å². The molecule has 0 aromatic heterocycles. The summed E-state index contributed by atoms with van der Waals surface area (Å²) in [6.45, 7) is 3.88. The van der Waals surface area contributed by atoms with Crippen molar-refractivity contribution in [1.29, 1.82) is 0 Å². The van der Waals surface area contributed by atoms with E-state index in [0.717, 1.165) is 6.07 Å². The number of nitrogens with one attached hydrogen (secondary N) is 1. The number of alkyl halides is 3. The van der Waals surface area contributed by atoms with Crippen molar-refractivity contribution in [2.24, 2.45) is 0 Å². The highest BCUT2D eigenvalue weighted by molar-refractivity contribution is 5.80. The lowest BCUT2D eigenvalue weighted by Gasteiger charge is -2.25. The molecule has 1 aromatic carbocycles. The van der Waals surface area contributed by atoms with Crippen LogP contribution in [0.1, 0.15) is 32.3 Å². The van der Waals surface area contributed by atoms with Gasteiger partial charge < -0.3 is 10.1 Å². The predicted molar refractivity (Wildman–Crippen MR) is 84.8 cm³/mol. The SMILES string of the molecule is CC(Oc1ccccc1C(F)(F)F)C(=O)NCC(C)N(C)C1CC1. The lowest BCUT2D eigenvalue weighted by molar-refractivity contribution is -0.140. The third-order valence-electron chi connectivity index (χ3n) is 4.26. The highest BCUT2D eigenvalue weighted by atomic mass is 19.4. The Hall–Kier alpha value is -1.76. The summed E-state index contributed by atoms with van der Waals surface area (Å²) >= 11 is 0. The summed E-state index contributed by atoms with van der Waals surface area (Å²) in [6.07, 6.45) is -3.19. The van der Waals surface area contributed by atoms with Crippen molar-refractivity contribution >= 4 is 5.91 Å². The maximum Gasteiger partial charge on any atom is 0.419 e. The standard InChI is InChI=1S/C17H23F3N2O2/c1-11(22(3)13-8-9-13)10-21-16(23)12(2)24-15-7-5-4-6-14(15)17(18,19)20/h4-7,11-13H,8-10H2,1-3H3,(H,21,23). The summed E-state index contributed by atoms with van der Waals surface area (Å²) in [7, 11) is 2.01. The number of amides is 1. The Kier molecular flexibility index (Phi) is 5.74. The number of rotatable bonds is 7. The fraction of sp³-hybridized carbons (Fsp3) is 0.588. The number of hydrogen-bond donors (Lipinski definition) is 1. The van der Waals surface area contributed by atoms with Crippen LogP contribution in [0, 0.1) is 0 Å². The summed E-state index contributed by atoms with van der Waals surface area (Å²) in [4.78, 5) is 14.3. The molecule has 1 N–H and O–H groups in total. The van der Waals surface area contributed by atoms with E-state index < -0.39 is 23.8 Å². The number of carbonyl (C=O) groups is 1.